The molecule has 6 rings (SSSR count). The van der Waals surface area contributed by atoms with Crippen LogP contribution < -0.4 is 9.47 Å². The molecule has 0 saturated carbocycles. The Labute approximate surface area is 273 Å². The third kappa shape index (κ3) is 7.07. The van der Waals surface area contributed by atoms with Crippen molar-refractivity contribution in [3.63, 3.8) is 0 Å². The van der Waals surface area contributed by atoms with Crippen molar-refractivity contribution in [1.82, 2.24) is 0 Å². The Morgan fingerprint density at radius 3 is 1.80 bits per heavy atom. The maximum absolute atomic E-state index is 14.8. The van der Waals surface area contributed by atoms with E-state index in [4.69, 9.17) is 9.47 Å². The predicted molar refractivity (Wildman–Crippen MR) is 181 cm³/mol. The van der Waals surface area contributed by atoms with E-state index in [1.54, 1.807) is 60.7 Å². The van der Waals surface area contributed by atoms with Gasteiger partial charge in [-0.1, -0.05) is 127 Å². The second-order valence-corrected chi connectivity index (χ2v) is 13.3. The summed E-state index contributed by atoms with van der Waals surface area (Å²) >= 11 is 1.23. The Kier molecular flexibility index (Phi) is 9.62. The molecule has 0 atom stereocenters. The first-order valence-electron chi connectivity index (χ1n) is 14.7. The van der Waals surface area contributed by atoms with E-state index in [9.17, 15) is 13.2 Å². The molecule has 0 aliphatic rings. The van der Waals surface area contributed by atoms with Crippen LogP contribution >= 0.6 is 11.8 Å². The fourth-order valence-electron chi connectivity index (χ4n) is 4.95. The topological polar surface area (TPSA) is 69.7 Å². The summed E-state index contributed by atoms with van der Waals surface area (Å²) in [4.78, 5) is 15.4. The number of carbonyl (C=O) groups is 1. The number of ketones is 1. The largest absolute Gasteiger partial charge is 0.492 e. The van der Waals surface area contributed by atoms with E-state index in [0.29, 0.717) is 17.7 Å². The molecular weight excluding hydrogens is 613 g/mol. The summed E-state index contributed by atoms with van der Waals surface area (Å²) in [5, 5.41) is 0. The van der Waals surface area contributed by atoms with Gasteiger partial charge in [0.15, 0.2) is 5.78 Å². The van der Waals surface area contributed by atoms with Gasteiger partial charge in [-0.05, 0) is 42.0 Å². The van der Waals surface area contributed by atoms with Gasteiger partial charge < -0.3 is 9.47 Å². The van der Waals surface area contributed by atoms with Crippen molar-refractivity contribution in [2.24, 2.45) is 0 Å². The number of carbonyl (C=O) groups excluding carboxylic acids is 1. The monoisotopic (exact) mass is 642 g/mol. The molecule has 0 unspecified atom stereocenters. The van der Waals surface area contributed by atoms with E-state index < -0.39 is 15.6 Å². The molecule has 0 bridgehead atoms. The maximum atomic E-state index is 14.8. The summed E-state index contributed by atoms with van der Waals surface area (Å²) in [6.07, 6.45) is 0.552. The third-order valence-electron chi connectivity index (χ3n) is 7.18. The van der Waals surface area contributed by atoms with Crippen LogP contribution in [0.4, 0.5) is 0 Å². The molecular formula is C39H30O5S2. The second-order valence-electron chi connectivity index (χ2n) is 10.3. The van der Waals surface area contributed by atoms with Gasteiger partial charge in [0.05, 0.1) is 22.0 Å². The van der Waals surface area contributed by atoms with E-state index in [-0.39, 0.29) is 38.4 Å². The van der Waals surface area contributed by atoms with Crippen molar-refractivity contribution in [1.29, 1.82) is 0 Å². The normalized spacial score (nSPS) is 11.1. The Hall–Kier alpha value is -5.11. The van der Waals surface area contributed by atoms with Gasteiger partial charge in [-0.15, -0.1) is 0 Å². The Morgan fingerprint density at radius 2 is 1.17 bits per heavy atom. The predicted octanol–water partition coefficient (Wildman–Crippen LogP) is 9.32. The van der Waals surface area contributed by atoms with Crippen LogP contribution in [0.5, 0.6) is 17.2 Å². The third-order valence-corrected chi connectivity index (χ3v) is 10.3. The van der Waals surface area contributed by atoms with E-state index in [1.807, 2.05) is 84.9 Å². The van der Waals surface area contributed by atoms with Gasteiger partial charge in [0.2, 0.25) is 9.84 Å². The Bertz CT molecular complexity index is 2020. The minimum absolute atomic E-state index is 0.0399. The highest BCUT2D eigenvalue weighted by Gasteiger charge is 2.35. The fraction of sp³-hybridized carbons (Fsp3) is 0.0513. The maximum Gasteiger partial charge on any atom is 0.208 e. The molecule has 7 heteroatoms. The fourth-order valence-corrected chi connectivity index (χ4v) is 7.89. The molecule has 5 nitrogen and oxygen atoms in total. The lowest BCUT2D eigenvalue weighted by Crippen LogP contribution is -2.16. The van der Waals surface area contributed by atoms with Gasteiger partial charge in [-0.25, -0.2) is 8.42 Å². The van der Waals surface area contributed by atoms with E-state index in [0.717, 1.165) is 10.5 Å². The van der Waals surface area contributed by atoms with Crippen LogP contribution in [0.1, 0.15) is 21.5 Å². The first kappa shape index (κ1) is 30.9. The summed E-state index contributed by atoms with van der Waals surface area (Å²) in [6.45, 7) is 0.208. The zero-order valence-corrected chi connectivity index (χ0v) is 26.4. The number of sulfone groups is 1. The van der Waals surface area contributed by atoms with Crippen LogP contribution in [-0.2, 0) is 16.3 Å². The second kappa shape index (κ2) is 14.3. The molecule has 0 aliphatic heterocycles. The van der Waals surface area contributed by atoms with E-state index in [1.165, 1.54) is 23.9 Å². The molecule has 0 amide bonds. The number of para-hydroxylation sites is 1. The summed E-state index contributed by atoms with van der Waals surface area (Å²) in [6, 6.07) is 46.8. The van der Waals surface area contributed by atoms with Crippen LogP contribution in [0.25, 0.3) is 0 Å². The van der Waals surface area contributed by atoms with Crippen molar-refractivity contribution in [2.75, 3.05) is 6.61 Å². The average Bonchev–Trinajstić information content (AvgIpc) is 3.11. The highest BCUT2D eigenvalue weighted by molar-refractivity contribution is 8.00. The van der Waals surface area contributed by atoms with Gasteiger partial charge in [0.1, 0.15) is 22.1 Å². The van der Waals surface area contributed by atoms with E-state index >= 15 is 0 Å². The van der Waals surface area contributed by atoms with Crippen molar-refractivity contribution in [2.45, 2.75) is 26.0 Å². The molecule has 6 aromatic carbocycles. The summed E-state index contributed by atoms with van der Waals surface area (Å²) in [5.41, 5.74) is 1.35. The lowest BCUT2D eigenvalue weighted by Gasteiger charge is -2.22. The number of benzene rings is 6. The van der Waals surface area contributed by atoms with Gasteiger partial charge >= 0.3 is 0 Å². The van der Waals surface area contributed by atoms with Crippen LogP contribution in [0, 0.1) is 0 Å². The minimum Gasteiger partial charge on any atom is -0.492 e. The summed E-state index contributed by atoms with van der Waals surface area (Å²) < 4.78 is 42.3. The molecule has 0 saturated heterocycles. The molecule has 0 fully saturated rings. The van der Waals surface area contributed by atoms with Crippen molar-refractivity contribution < 1.29 is 22.7 Å². The Morgan fingerprint density at radius 1 is 0.630 bits per heavy atom. The van der Waals surface area contributed by atoms with Gasteiger partial charge in [0.25, 0.3) is 0 Å². The van der Waals surface area contributed by atoms with E-state index in [2.05, 4.69) is 0 Å². The van der Waals surface area contributed by atoms with Crippen molar-refractivity contribution >= 4 is 27.4 Å². The highest BCUT2D eigenvalue weighted by atomic mass is 32.2. The molecule has 0 aliphatic carbocycles. The Balaban J connectivity index is 1.62. The summed E-state index contributed by atoms with van der Waals surface area (Å²) in [5.74, 6) is 0.431. The number of ether oxygens (including phenoxy) is 2. The van der Waals surface area contributed by atoms with Crippen molar-refractivity contribution in [3.8, 4) is 17.2 Å². The van der Waals surface area contributed by atoms with Gasteiger partial charge in [-0.3, -0.25) is 4.79 Å². The molecule has 46 heavy (non-hydrogen) atoms. The minimum atomic E-state index is -4.29. The molecule has 0 N–H and O–H groups in total. The molecule has 0 spiro atoms. The molecule has 0 heterocycles. The van der Waals surface area contributed by atoms with Crippen LogP contribution in [0.3, 0.4) is 0 Å². The van der Waals surface area contributed by atoms with Crippen LogP contribution in [0.2, 0.25) is 0 Å². The smallest absolute Gasteiger partial charge is 0.208 e. The quantitative estimate of drug-likeness (QED) is 0.124. The zero-order valence-electron chi connectivity index (χ0n) is 24.8. The van der Waals surface area contributed by atoms with Crippen LogP contribution in [0.15, 0.2) is 177 Å². The standard InChI is InChI=1S/C39H30O5S2/c40-37(30-18-8-2-9-19-30)36-34(43-27-26-29-16-6-1-7-17-29)28-35(44-31-20-10-3-11-21-31)38(45-32-22-12-4-13-23-32)39(36)46(41,42)33-24-14-5-15-25-33/h1-25,28H,26-27H2. The number of hydrogen-bond donors (Lipinski definition) is 0. The molecule has 228 valence electrons. The summed E-state index contributed by atoms with van der Waals surface area (Å²) in [7, 11) is -4.29. The first-order valence-corrected chi connectivity index (χ1v) is 17.0. The number of rotatable bonds is 12. The SMILES string of the molecule is O=C(c1ccccc1)c1c(OCCc2ccccc2)cc(Oc2ccccc2)c(Sc2ccccc2)c1S(=O)(=O)c1ccccc1. The van der Waals surface area contributed by atoms with Gasteiger partial charge in [-0.2, -0.15) is 0 Å². The highest BCUT2D eigenvalue weighted by Crippen LogP contribution is 2.48. The van der Waals surface area contributed by atoms with Crippen molar-refractivity contribution in [3.05, 3.63) is 174 Å². The molecule has 0 radical (unpaired) electrons. The molecule has 6 aromatic rings. The lowest BCUT2D eigenvalue weighted by molar-refractivity contribution is 0.103. The van der Waals surface area contributed by atoms with Crippen LogP contribution in [-0.4, -0.2) is 20.8 Å². The number of hydrogen-bond acceptors (Lipinski definition) is 6. The average molecular weight is 643 g/mol. The molecule has 0 aromatic heterocycles. The first-order chi connectivity index (χ1) is 22.5. The zero-order chi connectivity index (χ0) is 31.8. The van der Waals surface area contributed by atoms with Gasteiger partial charge in [0, 0.05) is 22.9 Å². The lowest BCUT2D eigenvalue weighted by atomic mass is 10.0.